The summed E-state index contributed by atoms with van der Waals surface area (Å²) in [7, 11) is -1.48. The van der Waals surface area contributed by atoms with Crippen molar-refractivity contribution in [1.82, 2.24) is 0 Å². The molecule has 1 N–H and O–H groups in total. The molecule has 6 heteroatoms. The molecule has 2 atom stereocenters. The Morgan fingerprint density at radius 2 is 2.27 bits per heavy atom. The minimum atomic E-state index is -2.88. The molecule has 0 fully saturated rings. The smallest absolute Gasteiger partial charge is 0.317 e. The van der Waals surface area contributed by atoms with Gasteiger partial charge in [0.05, 0.1) is 5.71 Å². The van der Waals surface area contributed by atoms with E-state index in [2.05, 4.69) is 14.5 Å². The van der Waals surface area contributed by atoms with Gasteiger partial charge in [-0.1, -0.05) is 5.16 Å². The number of oxime groups is 1. The molecular formula is C5H12NO4P. The molecule has 2 unspecified atom stereocenters. The minimum absolute atomic E-state index is 0.480. The molecule has 66 valence electrons. The summed E-state index contributed by atoms with van der Waals surface area (Å²) in [6.07, 6.45) is -0.480. The first-order valence-corrected chi connectivity index (χ1v) is 4.31. The fourth-order valence-corrected chi connectivity index (χ4v) is 0.928. The fourth-order valence-electron chi connectivity index (χ4n) is 0.455. The van der Waals surface area contributed by atoms with E-state index in [0.29, 0.717) is 5.71 Å². The van der Waals surface area contributed by atoms with Crippen LogP contribution in [-0.4, -0.2) is 23.8 Å². The standard InChI is InChI=1S/C5H12NO4P/c1-4(6-9-3)5(2)10-11(7)8/h5,11H,1-3H3,(H,7,8). The van der Waals surface area contributed by atoms with Crippen molar-refractivity contribution < 1.29 is 18.8 Å². The highest BCUT2D eigenvalue weighted by Gasteiger charge is 2.08. The molecule has 0 heterocycles. The van der Waals surface area contributed by atoms with Crippen molar-refractivity contribution in [2.75, 3.05) is 7.11 Å². The van der Waals surface area contributed by atoms with Crippen LogP contribution in [0.5, 0.6) is 0 Å². The van der Waals surface area contributed by atoms with E-state index in [1.807, 2.05) is 0 Å². The molecule has 0 amide bonds. The third-order valence-electron chi connectivity index (χ3n) is 1.10. The Morgan fingerprint density at radius 3 is 2.64 bits per heavy atom. The van der Waals surface area contributed by atoms with Crippen LogP contribution in [0.25, 0.3) is 0 Å². The predicted molar refractivity (Wildman–Crippen MR) is 41.9 cm³/mol. The van der Waals surface area contributed by atoms with Crippen molar-refractivity contribution in [1.29, 1.82) is 0 Å². The summed E-state index contributed by atoms with van der Waals surface area (Å²) in [6, 6.07) is 0. The molecule has 0 rings (SSSR count). The van der Waals surface area contributed by atoms with E-state index in [-0.39, 0.29) is 0 Å². The van der Waals surface area contributed by atoms with E-state index in [0.717, 1.165) is 0 Å². The lowest BCUT2D eigenvalue weighted by atomic mass is 10.3. The largest absolute Gasteiger partial charge is 0.399 e. The van der Waals surface area contributed by atoms with Crippen molar-refractivity contribution in [2.24, 2.45) is 5.16 Å². The second kappa shape index (κ2) is 5.29. The van der Waals surface area contributed by atoms with E-state index in [1.54, 1.807) is 13.8 Å². The van der Waals surface area contributed by atoms with Gasteiger partial charge in [0.25, 0.3) is 0 Å². The Labute approximate surface area is 65.9 Å². The molecule has 0 aromatic heterocycles. The van der Waals surface area contributed by atoms with Gasteiger partial charge < -0.3 is 14.3 Å². The molecule has 0 aromatic carbocycles. The Bertz CT molecular complexity index is 170. The average Bonchev–Trinajstić information content (AvgIpc) is 1.86. The molecule has 0 bridgehead atoms. The summed E-state index contributed by atoms with van der Waals surface area (Å²) in [5.41, 5.74) is 0.528. The zero-order chi connectivity index (χ0) is 8.85. The summed E-state index contributed by atoms with van der Waals surface area (Å²) in [6.45, 7) is 3.27. The van der Waals surface area contributed by atoms with Gasteiger partial charge in [-0.2, -0.15) is 0 Å². The Kier molecular flexibility index (Phi) is 5.11. The van der Waals surface area contributed by atoms with E-state index in [1.165, 1.54) is 7.11 Å². The van der Waals surface area contributed by atoms with Gasteiger partial charge in [-0.15, -0.1) is 0 Å². The average molecular weight is 181 g/mol. The quantitative estimate of drug-likeness (QED) is 0.395. The van der Waals surface area contributed by atoms with Gasteiger partial charge in [0.2, 0.25) is 0 Å². The SMILES string of the molecule is CON=C(C)C(C)O[PH](=O)O. The predicted octanol–water partition coefficient (Wildman–Crippen LogP) is 0.796. The Morgan fingerprint density at radius 1 is 1.73 bits per heavy atom. The van der Waals surface area contributed by atoms with Crippen molar-refractivity contribution in [3.63, 3.8) is 0 Å². The lowest BCUT2D eigenvalue weighted by Crippen LogP contribution is -2.14. The third kappa shape index (κ3) is 4.95. The maximum atomic E-state index is 10.2. The number of rotatable bonds is 4. The Hall–Kier alpha value is -0.380. The second-order valence-corrected chi connectivity index (χ2v) is 2.71. The molecule has 11 heavy (non-hydrogen) atoms. The van der Waals surface area contributed by atoms with Gasteiger partial charge >= 0.3 is 8.25 Å². The van der Waals surface area contributed by atoms with Gasteiger partial charge in [0, 0.05) is 0 Å². The summed E-state index contributed by atoms with van der Waals surface area (Å²) in [5.74, 6) is 0. The third-order valence-corrected chi connectivity index (χ3v) is 1.66. The molecule has 0 spiro atoms. The topological polar surface area (TPSA) is 68.1 Å². The molecule has 0 radical (unpaired) electrons. The van der Waals surface area contributed by atoms with Crippen molar-refractivity contribution in [3.05, 3.63) is 0 Å². The van der Waals surface area contributed by atoms with Crippen LogP contribution < -0.4 is 0 Å². The maximum absolute atomic E-state index is 10.2. The van der Waals surface area contributed by atoms with E-state index in [4.69, 9.17) is 4.89 Å². The lowest BCUT2D eigenvalue weighted by Gasteiger charge is -2.07. The van der Waals surface area contributed by atoms with Crippen LogP contribution in [-0.2, 0) is 13.9 Å². The van der Waals surface area contributed by atoms with Gasteiger partial charge in [-0.25, -0.2) is 0 Å². The van der Waals surface area contributed by atoms with Crippen LogP contribution in [0.3, 0.4) is 0 Å². The summed E-state index contributed by atoms with van der Waals surface area (Å²) in [5, 5.41) is 3.54. The Balaban J connectivity index is 3.92. The van der Waals surface area contributed by atoms with Gasteiger partial charge in [0.1, 0.15) is 13.2 Å². The first-order chi connectivity index (χ1) is 5.07. The van der Waals surface area contributed by atoms with Crippen LogP contribution in [0.1, 0.15) is 13.8 Å². The van der Waals surface area contributed by atoms with Gasteiger partial charge in [-0.3, -0.25) is 4.57 Å². The van der Waals surface area contributed by atoms with E-state index in [9.17, 15) is 4.57 Å². The van der Waals surface area contributed by atoms with E-state index >= 15 is 0 Å². The van der Waals surface area contributed by atoms with Crippen LogP contribution in [0.2, 0.25) is 0 Å². The molecule has 0 aliphatic rings. The normalized spacial score (nSPS) is 17.6. The van der Waals surface area contributed by atoms with E-state index < -0.39 is 14.4 Å². The molecular weight excluding hydrogens is 169 g/mol. The van der Waals surface area contributed by atoms with Crippen LogP contribution >= 0.6 is 8.25 Å². The monoisotopic (exact) mass is 181 g/mol. The molecule has 5 nitrogen and oxygen atoms in total. The molecule has 0 aromatic rings. The van der Waals surface area contributed by atoms with Crippen molar-refractivity contribution in [3.8, 4) is 0 Å². The number of hydrogen-bond acceptors (Lipinski definition) is 4. The molecule has 0 aliphatic carbocycles. The molecule has 0 aliphatic heterocycles. The summed E-state index contributed by atoms with van der Waals surface area (Å²) < 4.78 is 14.7. The zero-order valence-electron chi connectivity index (χ0n) is 6.70. The van der Waals surface area contributed by atoms with Crippen molar-refractivity contribution in [2.45, 2.75) is 20.0 Å². The highest BCUT2D eigenvalue weighted by atomic mass is 31.1. The van der Waals surface area contributed by atoms with Gasteiger partial charge in [-0.05, 0) is 13.8 Å². The van der Waals surface area contributed by atoms with Crippen LogP contribution in [0.4, 0.5) is 0 Å². The first-order valence-electron chi connectivity index (χ1n) is 3.05. The fraction of sp³-hybridized carbons (Fsp3) is 0.800. The summed E-state index contributed by atoms with van der Waals surface area (Å²) in [4.78, 5) is 12.8. The number of nitrogens with zero attached hydrogens (tertiary/aromatic N) is 1. The van der Waals surface area contributed by atoms with Gasteiger partial charge in [0.15, 0.2) is 0 Å². The highest BCUT2D eigenvalue weighted by Crippen LogP contribution is 2.18. The molecule has 0 saturated carbocycles. The number of hydrogen-bond donors (Lipinski definition) is 1. The highest BCUT2D eigenvalue weighted by molar-refractivity contribution is 7.32. The minimum Gasteiger partial charge on any atom is -0.399 e. The van der Waals surface area contributed by atoms with Crippen LogP contribution in [0, 0.1) is 0 Å². The first kappa shape index (κ1) is 10.6. The lowest BCUT2D eigenvalue weighted by molar-refractivity contribution is 0.201. The maximum Gasteiger partial charge on any atom is 0.317 e. The molecule has 0 saturated heterocycles. The second-order valence-electron chi connectivity index (χ2n) is 1.94. The summed E-state index contributed by atoms with van der Waals surface area (Å²) >= 11 is 0. The van der Waals surface area contributed by atoms with Crippen molar-refractivity contribution >= 4 is 14.0 Å². The van der Waals surface area contributed by atoms with Crippen LogP contribution in [0.15, 0.2) is 5.16 Å². The zero-order valence-corrected chi connectivity index (χ0v) is 7.70.